The molecule has 1 aromatic rings. The van der Waals surface area contributed by atoms with Gasteiger partial charge in [0.2, 0.25) is 0 Å². The van der Waals surface area contributed by atoms with Crippen LogP contribution in [0.3, 0.4) is 0 Å². The van der Waals surface area contributed by atoms with Crippen molar-refractivity contribution < 1.29 is 41.6 Å². The largest absolute Gasteiger partial charge is 0.744 e. The molecule has 0 aromatic heterocycles. The first-order chi connectivity index (χ1) is 13.6. The molecule has 2 aliphatic carbocycles. The van der Waals surface area contributed by atoms with Crippen LogP contribution < -0.4 is 4.74 Å². The zero-order chi connectivity index (χ0) is 21.1. The summed E-state index contributed by atoms with van der Waals surface area (Å²) in [5.74, 6) is -4.00. The van der Waals surface area contributed by atoms with Crippen LogP contribution >= 0.6 is 0 Å². The number of carbonyl (C=O) groups is 3. The van der Waals surface area contributed by atoms with E-state index in [1.54, 1.807) is 0 Å². The lowest BCUT2D eigenvalue weighted by atomic mass is 9.78. The van der Waals surface area contributed by atoms with Crippen LogP contribution in [0.1, 0.15) is 13.3 Å². The number of esters is 3. The van der Waals surface area contributed by atoms with Gasteiger partial charge in [0.15, 0.2) is 0 Å². The summed E-state index contributed by atoms with van der Waals surface area (Å²) in [6.07, 6.45) is -0.841. The highest BCUT2D eigenvalue weighted by Gasteiger charge is 2.70. The number of fused-ring (bicyclic) bond motifs is 1. The van der Waals surface area contributed by atoms with Gasteiger partial charge in [0.05, 0.1) is 16.7 Å². The van der Waals surface area contributed by atoms with E-state index in [9.17, 15) is 27.4 Å². The summed E-state index contributed by atoms with van der Waals surface area (Å²) in [6.45, 7) is 5.03. The van der Waals surface area contributed by atoms with Crippen molar-refractivity contribution in [1.29, 1.82) is 0 Å². The summed E-state index contributed by atoms with van der Waals surface area (Å²) in [5.41, 5.74) is 0.196. The molecule has 0 amide bonds. The molecule has 9 nitrogen and oxygen atoms in total. The van der Waals surface area contributed by atoms with E-state index in [1.165, 1.54) is 19.1 Å². The van der Waals surface area contributed by atoms with Crippen molar-refractivity contribution in [2.24, 2.45) is 23.7 Å². The molecule has 6 atom stereocenters. The quantitative estimate of drug-likeness (QED) is 0.292. The second-order valence-electron chi connectivity index (χ2n) is 7.51. The lowest BCUT2D eigenvalue weighted by Crippen LogP contribution is -2.44. The van der Waals surface area contributed by atoms with E-state index in [1.807, 2.05) is 0 Å². The molecule has 0 radical (unpaired) electrons. The molecule has 2 saturated carbocycles. The van der Waals surface area contributed by atoms with Crippen LogP contribution in [0.5, 0.6) is 5.75 Å². The third-order valence-electron chi connectivity index (χ3n) is 5.74. The van der Waals surface area contributed by atoms with Gasteiger partial charge in [-0.15, -0.1) is 0 Å². The average Bonchev–Trinajstić information content (AvgIpc) is 3.24. The van der Waals surface area contributed by atoms with Gasteiger partial charge >= 0.3 is 17.9 Å². The van der Waals surface area contributed by atoms with Crippen LogP contribution in [-0.4, -0.2) is 43.1 Å². The van der Waals surface area contributed by atoms with Crippen LogP contribution in [-0.2, 0) is 34.0 Å². The maximum absolute atomic E-state index is 12.8. The number of hydrogen-bond acceptors (Lipinski definition) is 9. The van der Waals surface area contributed by atoms with Gasteiger partial charge in [0.1, 0.15) is 28.1 Å². The highest BCUT2D eigenvalue weighted by atomic mass is 32.2. The van der Waals surface area contributed by atoms with Gasteiger partial charge < -0.3 is 18.8 Å². The van der Waals surface area contributed by atoms with E-state index in [0.29, 0.717) is 6.42 Å². The molecule has 3 fully saturated rings. The van der Waals surface area contributed by atoms with Crippen LogP contribution in [0, 0.1) is 23.7 Å². The van der Waals surface area contributed by atoms with Gasteiger partial charge in [0, 0.05) is 17.4 Å². The Kier molecular flexibility index (Phi) is 4.50. The molecule has 4 rings (SSSR count). The van der Waals surface area contributed by atoms with Gasteiger partial charge in [-0.25, -0.2) is 13.2 Å². The fraction of sp³-hybridized carbons (Fsp3) is 0.421. The van der Waals surface area contributed by atoms with Gasteiger partial charge in [-0.05, 0) is 37.6 Å². The van der Waals surface area contributed by atoms with Crippen molar-refractivity contribution in [3.8, 4) is 5.75 Å². The molecule has 2 bridgehead atoms. The predicted molar refractivity (Wildman–Crippen MR) is 93.2 cm³/mol. The molecule has 0 spiro atoms. The molecular formula is C19H17O9S-. The predicted octanol–water partition coefficient (Wildman–Crippen LogP) is 0.791. The van der Waals surface area contributed by atoms with Crippen molar-refractivity contribution in [3.63, 3.8) is 0 Å². The Morgan fingerprint density at radius 1 is 1.21 bits per heavy atom. The second-order valence-corrected chi connectivity index (χ2v) is 8.89. The van der Waals surface area contributed by atoms with Crippen LogP contribution in [0.2, 0.25) is 0 Å². The molecule has 6 unspecified atom stereocenters. The number of hydrogen-bond donors (Lipinski definition) is 0. The van der Waals surface area contributed by atoms with Crippen molar-refractivity contribution in [1.82, 2.24) is 0 Å². The molecule has 1 heterocycles. The van der Waals surface area contributed by atoms with E-state index >= 15 is 0 Å². The van der Waals surface area contributed by atoms with E-state index in [0.717, 1.165) is 12.1 Å². The lowest BCUT2D eigenvalue weighted by Gasteiger charge is -2.30. The maximum Gasteiger partial charge on any atom is 0.333 e. The van der Waals surface area contributed by atoms with Gasteiger partial charge in [-0.1, -0.05) is 6.58 Å². The smallest absolute Gasteiger partial charge is 0.333 e. The second kappa shape index (κ2) is 6.67. The average molecular weight is 421 g/mol. The van der Waals surface area contributed by atoms with E-state index in [4.69, 9.17) is 14.2 Å². The molecule has 3 aliphatic rings. The number of rotatable bonds is 5. The van der Waals surface area contributed by atoms with Crippen molar-refractivity contribution in [2.75, 3.05) is 0 Å². The lowest BCUT2D eigenvalue weighted by molar-refractivity contribution is -0.160. The Balaban J connectivity index is 1.54. The van der Waals surface area contributed by atoms with Gasteiger partial charge in [0.25, 0.3) is 0 Å². The first-order valence-electron chi connectivity index (χ1n) is 8.92. The zero-order valence-electron chi connectivity index (χ0n) is 15.3. The van der Waals surface area contributed by atoms with Crippen molar-refractivity contribution in [2.45, 2.75) is 30.4 Å². The molecule has 1 aliphatic heterocycles. The summed E-state index contributed by atoms with van der Waals surface area (Å²) >= 11 is 0. The standard InChI is InChI=1S/C19H18O9S/c1-8(2)17(20)27-15-11-7-12-14(19(22)28-16(12)15)13(11)18(21)26-9-3-5-10(6-4-9)29(23,24)25/h3-6,11-16H,1,7H2,2H3,(H,23,24,25)/p-1. The molecular weight excluding hydrogens is 404 g/mol. The topological polar surface area (TPSA) is 136 Å². The summed E-state index contributed by atoms with van der Waals surface area (Å²) in [6, 6.07) is 4.43. The van der Waals surface area contributed by atoms with Crippen molar-refractivity contribution in [3.05, 3.63) is 36.4 Å². The maximum atomic E-state index is 12.8. The van der Waals surface area contributed by atoms with Gasteiger partial charge in [-0.3, -0.25) is 9.59 Å². The van der Waals surface area contributed by atoms with Crippen molar-refractivity contribution >= 4 is 28.0 Å². The fourth-order valence-corrected chi connectivity index (χ4v) is 5.02. The summed E-state index contributed by atoms with van der Waals surface area (Å²) in [7, 11) is -4.62. The van der Waals surface area contributed by atoms with E-state index < -0.39 is 62.9 Å². The first kappa shape index (κ1) is 19.6. The van der Waals surface area contributed by atoms with Crippen LogP contribution in [0.25, 0.3) is 0 Å². The third kappa shape index (κ3) is 3.22. The minimum Gasteiger partial charge on any atom is -0.744 e. The minimum atomic E-state index is -4.62. The van der Waals surface area contributed by atoms with E-state index in [-0.39, 0.29) is 17.2 Å². The molecule has 1 aromatic carbocycles. The third-order valence-corrected chi connectivity index (χ3v) is 6.59. The normalized spacial score (nSPS) is 32.0. The molecule has 154 valence electrons. The monoisotopic (exact) mass is 421 g/mol. The van der Waals surface area contributed by atoms with Crippen LogP contribution in [0.15, 0.2) is 41.3 Å². The SMILES string of the molecule is C=C(C)C(=O)OC1C2CC3C1OC(=O)C3C2C(=O)Oc1ccc(S(=O)(=O)[O-])cc1. The summed E-state index contributed by atoms with van der Waals surface area (Å²) < 4.78 is 49.1. The Bertz CT molecular complexity index is 1010. The fourth-order valence-electron chi connectivity index (χ4n) is 4.55. The molecule has 10 heteroatoms. The Morgan fingerprint density at radius 3 is 2.45 bits per heavy atom. The Morgan fingerprint density at radius 2 is 1.86 bits per heavy atom. The van der Waals surface area contributed by atoms with Crippen LogP contribution in [0.4, 0.5) is 0 Å². The van der Waals surface area contributed by atoms with Gasteiger partial charge in [-0.2, -0.15) is 0 Å². The first-order valence-corrected chi connectivity index (χ1v) is 10.3. The highest BCUT2D eigenvalue weighted by molar-refractivity contribution is 7.85. The number of ether oxygens (including phenoxy) is 3. The summed E-state index contributed by atoms with van der Waals surface area (Å²) in [5, 5.41) is 0. The minimum absolute atomic E-state index is 0.0311. The molecule has 0 N–H and O–H groups in total. The molecule has 29 heavy (non-hydrogen) atoms. The highest BCUT2D eigenvalue weighted by Crippen LogP contribution is 2.59. The summed E-state index contributed by atoms with van der Waals surface area (Å²) in [4.78, 5) is 36.6. The van der Waals surface area contributed by atoms with E-state index in [2.05, 4.69) is 6.58 Å². The zero-order valence-corrected chi connectivity index (χ0v) is 16.1. The molecule has 1 saturated heterocycles. The Labute approximate surface area is 166 Å². The number of carbonyl (C=O) groups excluding carboxylic acids is 3. The Hall–Kier alpha value is -2.72. The number of benzene rings is 1.